The van der Waals surface area contributed by atoms with Gasteiger partial charge in [0, 0.05) is 5.69 Å². The van der Waals surface area contributed by atoms with Crippen LogP contribution in [-0.4, -0.2) is 21.7 Å². The number of carbonyl (C=O) groups excluding carboxylic acids is 1. The average molecular weight is 347 g/mol. The molecule has 132 valence electrons. The van der Waals surface area contributed by atoms with Crippen LogP contribution in [0.3, 0.4) is 0 Å². The molecule has 0 spiro atoms. The van der Waals surface area contributed by atoms with E-state index < -0.39 is 0 Å². The highest BCUT2D eigenvalue weighted by molar-refractivity contribution is 6.06. The molecule has 0 bridgehead atoms. The maximum absolute atomic E-state index is 13.0. The number of benzene rings is 2. The van der Waals surface area contributed by atoms with Crippen molar-refractivity contribution in [2.24, 2.45) is 0 Å². The van der Waals surface area contributed by atoms with Crippen molar-refractivity contribution in [2.45, 2.75) is 33.0 Å². The van der Waals surface area contributed by atoms with Gasteiger partial charge in [0.25, 0.3) is 5.91 Å². The Hall–Kier alpha value is -3.08. The summed E-state index contributed by atoms with van der Waals surface area (Å²) >= 11 is 0. The summed E-state index contributed by atoms with van der Waals surface area (Å²) in [7, 11) is 0. The molecule has 0 N–H and O–H groups in total. The van der Waals surface area contributed by atoms with Crippen molar-refractivity contribution in [1.29, 1.82) is 0 Å². The summed E-state index contributed by atoms with van der Waals surface area (Å²) in [6, 6.07) is 19.5. The van der Waals surface area contributed by atoms with Gasteiger partial charge in [-0.2, -0.15) is 5.10 Å². The first-order chi connectivity index (χ1) is 12.6. The molecule has 1 aromatic heterocycles. The summed E-state index contributed by atoms with van der Waals surface area (Å²) in [5.74, 6) is 0.769. The van der Waals surface area contributed by atoms with E-state index in [-0.39, 0.29) is 11.9 Å². The number of anilines is 1. The molecule has 0 radical (unpaired) electrons. The largest absolute Gasteiger partial charge is 0.487 e. The lowest BCUT2D eigenvalue weighted by molar-refractivity contribution is 0.0947. The summed E-state index contributed by atoms with van der Waals surface area (Å²) in [5.41, 5.74) is 3.46. The fourth-order valence-electron chi connectivity index (χ4n) is 3.26. The third-order valence-electron chi connectivity index (χ3n) is 4.59. The SMILES string of the molecule is Cc1ccc(N2C(=O)c3cc(COc4ccccc4)nn3C[C@H]2C)cc1. The predicted octanol–water partition coefficient (Wildman–Crippen LogP) is 3.82. The Balaban J connectivity index is 1.56. The van der Waals surface area contributed by atoms with Crippen molar-refractivity contribution >= 4 is 11.6 Å². The van der Waals surface area contributed by atoms with Gasteiger partial charge in [-0.25, -0.2) is 0 Å². The molecule has 5 heteroatoms. The van der Waals surface area contributed by atoms with Gasteiger partial charge in [-0.15, -0.1) is 0 Å². The van der Waals surface area contributed by atoms with E-state index >= 15 is 0 Å². The molecule has 0 saturated heterocycles. The highest BCUT2D eigenvalue weighted by Crippen LogP contribution is 2.26. The van der Waals surface area contributed by atoms with Crippen molar-refractivity contribution in [3.63, 3.8) is 0 Å². The summed E-state index contributed by atoms with van der Waals surface area (Å²) in [5, 5.41) is 4.55. The molecule has 2 heterocycles. The van der Waals surface area contributed by atoms with Crippen LogP contribution < -0.4 is 9.64 Å². The number of hydrogen-bond donors (Lipinski definition) is 0. The first-order valence-electron chi connectivity index (χ1n) is 8.76. The van der Waals surface area contributed by atoms with Crippen molar-refractivity contribution < 1.29 is 9.53 Å². The van der Waals surface area contributed by atoms with Gasteiger partial charge < -0.3 is 9.64 Å². The maximum atomic E-state index is 13.0. The van der Waals surface area contributed by atoms with Crippen LogP contribution in [0.4, 0.5) is 5.69 Å². The fraction of sp³-hybridized carbons (Fsp3) is 0.238. The normalized spacial score (nSPS) is 16.5. The van der Waals surface area contributed by atoms with Gasteiger partial charge in [-0.05, 0) is 44.2 Å². The van der Waals surface area contributed by atoms with Crippen molar-refractivity contribution in [1.82, 2.24) is 9.78 Å². The van der Waals surface area contributed by atoms with Gasteiger partial charge in [0.15, 0.2) is 0 Å². The van der Waals surface area contributed by atoms with Crippen LogP contribution in [0.2, 0.25) is 0 Å². The number of fused-ring (bicyclic) bond motifs is 1. The van der Waals surface area contributed by atoms with E-state index in [0.717, 1.165) is 17.1 Å². The lowest BCUT2D eigenvalue weighted by atomic mass is 10.1. The van der Waals surface area contributed by atoms with Crippen molar-refractivity contribution in [3.05, 3.63) is 77.6 Å². The minimum absolute atomic E-state index is 0.0222. The number of aryl methyl sites for hydroxylation is 1. The van der Waals surface area contributed by atoms with Crippen LogP contribution in [-0.2, 0) is 13.2 Å². The minimum atomic E-state index is -0.0222. The van der Waals surface area contributed by atoms with Crippen molar-refractivity contribution in [3.8, 4) is 5.75 Å². The second-order valence-corrected chi connectivity index (χ2v) is 6.66. The van der Waals surface area contributed by atoms with Crippen LogP contribution >= 0.6 is 0 Å². The number of aromatic nitrogens is 2. The first kappa shape index (κ1) is 16.4. The molecule has 5 nitrogen and oxygen atoms in total. The summed E-state index contributed by atoms with van der Waals surface area (Å²) < 4.78 is 7.55. The molecule has 0 unspecified atom stereocenters. The standard InChI is InChI=1S/C21H21N3O2/c1-15-8-10-18(11-9-15)24-16(2)13-23-20(21(24)25)12-17(22-23)14-26-19-6-4-3-5-7-19/h3-12,16H,13-14H2,1-2H3/t16-/m1/s1. The van der Waals surface area contributed by atoms with Gasteiger partial charge in [-0.3, -0.25) is 9.48 Å². The lowest BCUT2D eigenvalue weighted by Gasteiger charge is -2.33. The quantitative estimate of drug-likeness (QED) is 0.721. The van der Waals surface area contributed by atoms with Crippen LogP contribution in [0.5, 0.6) is 5.75 Å². The molecule has 26 heavy (non-hydrogen) atoms. The molecule has 0 saturated carbocycles. The lowest BCUT2D eigenvalue weighted by Crippen LogP contribution is -2.46. The fourth-order valence-corrected chi connectivity index (χ4v) is 3.26. The van der Waals surface area contributed by atoms with Gasteiger partial charge >= 0.3 is 0 Å². The smallest absolute Gasteiger partial charge is 0.276 e. The third kappa shape index (κ3) is 3.08. The molecule has 1 aliphatic heterocycles. The van der Waals surface area contributed by atoms with E-state index in [1.807, 2.05) is 79.4 Å². The molecule has 2 aromatic carbocycles. The Bertz CT molecular complexity index is 916. The minimum Gasteiger partial charge on any atom is -0.487 e. The van der Waals surface area contributed by atoms with Gasteiger partial charge in [-0.1, -0.05) is 35.9 Å². The Kier molecular flexibility index (Phi) is 4.21. The van der Waals surface area contributed by atoms with E-state index in [0.29, 0.717) is 18.8 Å². The monoisotopic (exact) mass is 347 g/mol. The first-order valence-corrected chi connectivity index (χ1v) is 8.76. The molecule has 4 rings (SSSR count). The Morgan fingerprint density at radius 2 is 1.85 bits per heavy atom. The number of nitrogens with zero attached hydrogens (tertiary/aromatic N) is 3. The number of para-hydroxylation sites is 1. The predicted molar refractivity (Wildman–Crippen MR) is 100 cm³/mol. The molecule has 0 fully saturated rings. The second kappa shape index (κ2) is 6.67. The van der Waals surface area contributed by atoms with E-state index in [1.54, 1.807) is 4.68 Å². The molecule has 1 amide bonds. The highest BCUT2D eigenvalue weighted by atomic mass is 16.5. The Morgan fingerprint density at radius 1 is 1.12 bits per heavy atom. The summed E-state index contributed by atoms with van der Waals surface area (Å²) in [6.07, 6.45) is 0. The van der Waals surface area contributed by atoms with Crippen LogP contribution in [0.25, 0.3) is 0 Å². The third-order valence-corrected chi connectivity index (χ3v) is 4.59. The van der Waals surface area contributed by atoms with Crippen LogP contribution in [0.15, 0.2) is 60.7 Å². The molecule has 3 aromatic rings. The van der Waals surface area contributed by atoms with Gasteiger partial charge in [0.2, 0.25) is 0 Å². The highest BCUT2D eigenvalue weighted by Gasteiger charge is 2.32. The topological polar surface area (TPSA) is 47.4 Å². The van der Waals surface area contributed by atoms with E-state index in [4.69, 9.17) is 4.74 Å². The zero-order valence-corrected chi connectivity index (χ0v) is 14.9. The second-order valence-electron chi connectivity index (χ2n) is 6.66. The molecular formula is C21H21N3O2. The molecule has 0 aliphatic carbocycles. The van der Waals surface area contributed by atoms with E-state index in [1.165, 1.54) is 5.56 Å². The number of ether oxygens (including phenoxy) is 1. The molecular weight excluding hydrogens is 326 g/mol. The Labute approximate surface area is 152 Å². The van der Waals surface area contributed by atoms with E-state index in [2.05, 4.69) is 5.10 Å². The number of carbonyl (C=O) groups is 1. The maximum Gasteiger partial charge on any atom is 0.276 e. The Morgan fingerprint density at radius 3 is 2.58 bits per heavy atom. The molecule has 1 aliphatic rings. The van der Waals surface area contributed by atoms with Crippen molar-refractivity contribution in [2.75, 3.05) is 4.90 Å². The van der Waals surface area contributed by atoms with E-state index in [9.17, 15) is 4.79 Å². The summed E-state index contributed by atoms with van der Waals surface area (Å²) in [6.45, 7) is 5.10. The van der Waals surface area contributed by atoms with Gasteiger partial charge in [0.05, 0.1) is 12.6 Å². The number of hydrogen-bond acceptors (Lipinski definition) is 3. The summed E-state index contributed by atoms with van der Waals surface area (Å²) in [4.78, 5) is 14.9. The number of rotatable bonds is 4. The molecule has 1 atom stereocenters. The van der Waals surface area contributed by atoms with Crippen LogP contribution in [0, 0.1) is 6.92 Å². The average Bonchev–Trinajstić information content (AvgIpc) is 3.05. The number of amides is 1. The van der Waals surface area contributed by atoms with Gasteiger partial charge in [0.1, 0.15) is 23.7 Å². The zero-order chi connectivity index (χ0) is 18.1. The zero-order valence-electron chi connectivity index (χ0n) is 14.9. The van der Waals surface area contributed by atoms with Crippen LogP contribution in [0.1, 0.15) is 28.7 Å².